The Balaban J connectivity index is 0.000000310. The predicted molar refractivity (Wildman–Crippen MR) is 128 cm³/mol. The fourth-order valence-corrected chi connectivity index (χ4v) is 3.83. The van der Waals surface area contributed by atoms with Gasteiger partial charge in [0.2, 0.25) is 0 Å². The Hall–Kier alpha value is -2.85. The molecule has 0 aliphatic heterocycles. The van der Waals surface area contributed by atoms with Crippen molar-refractivity contribution in [1.82, 2.24) is 29.2 Å². The molecule has 0 radical (unpaired) electrons. The Kier molecular flexibility index (Phi) is 8.65. The number of fused-ring (bicyclic) bond motifs is 2. The quantitative estimate of drug-likeness (QED) is 0.487. The van der Waals surface area contributed by atoms with Crippen LogP contribution in [0.25, 0.3) is 11.3 Å². The predicted octanol–water partition coefficient (Wildman–Crippen LogP) is 4.24. The molecule has 176 valence electrons. The molecule has 4 aromatic heterocycles. The number of aromatic nitrogens is 6. The maximum absolute atomic E-state index is 11.5. The molecule has 4 rings (SSSR count). The van der Waals surface area contributed by atoms with Gasteiger partial charge in [-0.1, -0.05) is 42.5 Å². The Bertz CT molecular complexity index is 1300. The molecule has 2 N–H and O–H groups in total. The summed E-state index contributed by atoms with van der Waals surface area (Å²) in [5.74, 6) is 0.669. The first-order valence-corrected chi connectivity index (χ1v) is 11.2. The average molecular weight is 462 g/mol. The zero-order valence-electron chi connectivity index (χ0n) is 18.0. The first-order valence-electron chi connectivity index (χ1n) is 9.69. The second-order valence-electron chi connectivity index (χ2n) is 7.83. The molecule has 0 aromatic carbocycles. The minimum absolute atomic E-state index is 0. The van der Waals surface area contributed by atoms with E-state index in [9.17, 15) is 8.42 Å². The van der Waals surface area contributed by atoms with E-state index < -0.39 is 10.0 Å². The standard InChI is InChI=1S/C10H14N4O2S.C10H13N3.2CH4/c1-6(2)8-4-5-9-12-7(3)10(14(9)13-8)17(11,15)16;1-7(2)9-4-5-10-11-8(3)6-13(10)12-9;;/h4-6H,1-3H3,(H2,11,15,16);4-7H,1-3H3;2*1H4. The minimum atomic E-state index is -3.82. The van der Waals surface area contributed by atoms with Crippen molar-refractivity contribution in [2.45, 2.75) is 73.3 Å². The van der Waals surface area contributed by atoms with E-state index >= 15 is 0 Å². The highest BCUT2D eigenvalue weighted by Crippen LogP contribution is 2.18. The van der Waals surface area contributed by atoms with Crippen LogP contribution in [0.4, 0.5) is 0 Å². The van der Waals surface area contributed by atoms with Crippen molar-refractivity contribution in [3.63, 3.8) is 0 Å². The molecular formula is C22H35N7O2S. The van der Waals surface area contributed by atoms with Crippen molar-refractivity contribution in [2.75, 3.05) is 0 Å². The highest BCUT2D eigenvalue weighted by Gasteiger charge is 2.20. The lowest BCUT2D eigenvalue weighted by atomic mass is 10.1. The molecule has 4 heterocycles. The third-order valence-corrected chi connectivity index (χ3v) is 5.54. The van der Waals surface area contributed by atoms with Gasteiger partial charge in [0.1, 0.15) is 0 Å². The second kappa shape index (κ2) is 10.2. The first kappa shape index (κ1) is 27.2. The molecule has 0 amide bonds. The van der Waals surface area contributed by atoms with Crippen LogP contribution < -0.4 is 5.14 Å². The molecule has 32 heavy (non-hydrogen) atoms. The summed E-state index contributed by atoms with van der Waals surface area (Å²) < 4.78 is 26.1. The smallest absolute Gasteiger partial charge is 0.232 e. The monoisotopic (exact) mass is 461 g/mol. The molecule has 9 nitrogen and oxygen atoms in total. The van der Waals surface area contributed by atoms with Gasteiger partial charge in [0.15, 0.2) is 16.3 Å². The van der Waals surface area contributed by atoms with E-state index in [2.05, 4.69) is 34.0 Å². The molecule has 0 bridgehead atoms. The zero-order valence-corrected chi connectivity index (χ0v) is 18.8. The summed E-state index contributed by atoms with van der Waals surface area (Å²) in [5, 5.41) is 13.8. The summed E-state index contributed by atoms with van der Waals surface area (Å²) in [4.78, 5) is 8.44. The van der Waals surface area contributed by atoms with Gasteiger partial charge in [0.05, 0.1) is 29.0 Å². The molecule has 0 atom stereocenters. The summed E-state index contributed by atoms with van der Waals surface area (Å²) in [6, 6.07) is 7.62. The van der Waals surface area contributed by atoms with Gasteiger partial charge >= 0.3 is 0 Å². The van der Waals surface area contributed by atoms with Crippen LogP contribution in [0.2, 0.25) is 0 Å². The van der Waals surface area contributed by atoms with Crippen molar-refractivity contribution in [3.8, 4) is 0 Å². The van der Waals surface area contributed by atoms with Crippen molar-refractivity contribution in [1.29, 1.82) is 0 Å². The fraction of sp³-hybridized carbons (Fsp3) is 0.455. The van der Waals surface area contributed by atoms with Gasteiger partial charge < -0.3 is 0 Å². The number of primary sulfonamides is 1. The third kappa shape index (κ3) is 5.68. The highest BCUT2D eigenvalue weighted by molar-refractivity contribution is 7.89. The lowest BCUT2D eigenvalue weighted by molar-refractivity contribution is 0.587. The maximum Gasteiger partial charge on any atom is 0.257 e. The molecule has 4 aromatic rings. The van der Waals surface area contributed by atoms with E-state index in [-0.39, 0.29) is 25.8 Å². The van der Waals surface area contributed by atoms with E-state index in [4.69, 9.17) is 5.14 Å². The average Bonchev–Trinajstić information content (AvgIpc) is 3.17. The molecular weight excluding hydrogens is 426 g/mol. The molecule has 0 saturated heterocycles. The van der Waals surface area contributed by atoms with Crippen molar-refractivity contribution in [2.24, 2.45) is 5.14 Å². The Morgan fingerprint density at radius 3 is 1.91 bits per heavy atom. The number of aryl methyl sites for hydroxylation is 2. The molecule has 0 fully saturated rings. The normalized spacial score (nSPS) is 11.3. The van der Waals surface area contributed by atoms with E-state index in [0.717, 1.165) is 22.7 Å². The number of hydrogen-bond acceptors (Lipinski definition) is 6. The molecule has 0 unspecified atom stereocenters. The fourth-order valence-electron chi connectivity index (χ4n) is 3.00. The van der Waals surface area contributed by atoms with Gasteiger partial charge in [-0.3, -0.25) is 0 Å². The van der Waals surface area contributed by atoms with Gasteiger partial charge in [-0.15, -0.1) is 0 Å². The summed E-state index contributed by atoms with van der Waals surface area (Å²) in [5.41, 5.74) is 4.66. The SMILES string of the molecule is C.C.Cc1cn2nc(C(C)C)ccc2n1.Cc1nc2ccc(C(C)C)nn2c1S(N)(=O)=O. The lowest BCUT2D eigenvalue weighted by Crippen LogP contribution is -2.17. The number of nitrogens with two attached hydrogens (primary N) is 1. The van der Waals surface area contributed by atoms with Crippen LogP contribution in [0, 0.1) is 13.8 Å². The van der Waals surface area contributed by atoms with Gasteiger partial charge in [0, 0.05) is 0 Å². The van der Waals surface area contributed by atoms with Crippen LogP contribution >= 0.6 is 0 Å². The van der Waals surface area contributed by atoms with E-state index in [1.54, 1.807) is 13.0 Å². The van der Waals surface area contributed by atoms with Gasteiger partial charge in [-0.25, -0.2) is 32.6 Å². The van der Waals surface area contributed by atoms with Gasteiger partial charge in [-0.05, 0) is 49.9 Å². The van der Waals surface area contributed by atoms with E-state index in [0.29, 0.717) is 17.3 Å². The largest absolute Gasteiger partial charge is 0.257 e. The molecule has 10 heteroatoms. The van der Waals surface area contributed by atoms with Crippen molar-refractivity contribution < 1.29 is 8.42 Å². The topological polar surface area (TPSA) is 121 Å². The third-order valence-electron chi connectivity index (χ3n) is 4.53. The maximum atomic E-state index is 11.5. The van der Waals surface area contributed by atoms with Crippen LogP contribution in [0.15, 0.2) is 35.5 Å². The van der Waals surface area contributed by atoms with Crippen LogP contribution in [0.1, 0.15) is 77.2 Å². The summed E-state index contributed by atoms with van der Waals surface area (Å²) in [6.45, 7) is 11.8. The second-order valence-corrected chi connectivity index (χ2v) is 9.30. The number of nitrogens with zero attached hydrogens (tertiary/aromatic N) is 6. The zero-order chi connectivity index (χ0) is 22.2. The van der Waals surface area contributed by atoms with Gasteiger partial charge in [0.25, 0.3) is 10.0 Å². The summed E-state index contributed by atoms with van der Waals surface area (Å²) in [7, 11) is -3.82. The van der Waals surface area contributed by atoms with E-state index in [1.165, 1.54) is 4.52 Å². The highest BCUT2D eigenvalue weighted by atomic mass is 32.2. The number of rotatable bonds is 3. The summed E-state index contributed by atoms with van der Waals surface area (Å²) >= 11 is 0. The van der Waals surface area contributed by atoms with E-state index in [1.807, 2.05) is 49.7 Å². The van der Waals surface area contributed by atoms with Gasteiger partial charge in [-0.2, -0.15) is 10.2 Å². The minimum Gasteiger partial charge on any atom is -0.232 e. The summed E-state index contributed by atoms with van der Waals surface area (Å²) in [6.07, 6.45) is 1.95. The number of sulfonamides is 1. The van der Waals surface area contributed by atoms with Crippen LogP contribution in [-0.4, -0.2) is 37.6 Å². The van der Waals surface area contributed by atoms with Crippen LogP contribution in [0.5, 0.6) is 0 Å². The van der Waals surface area contributed by atoms with Crippen LogP contribution in [0.3, 0.4) is 0 Å². The molecule has 0 saturated carbocycles. The Morgan fingerprint density at radius 1 is 0.844 bits per heavy atom. The Morgan fingerprint density at radius 2 is 1.38 bits per heavy atom. The van der Waals surface area contributed by atoms with Crippen molar-refractivity contribution in [3.05, 3.63) is 53.2 Å². The molecule has 0 spiro atoms. The molecule has 0 aliphatic rings. The molecule has 0 aliphatic carbocycles. The number of imidazole rings is 2. The Labute approximate surface area is 190 Å². The van der Waals surface area contributed by atoms with Crippen molar-refractivity contribution >= 4 is 21.3 Å². The van der Waals surface area contributed by atoms with Crippen LogP contribution in [-0.2, 0) is 10.0 Å². The first-order chi connectivity index (χ1) is 14.0. The number of hydrogen-bond donors (Lipinski definition) is 1. The lowest BCUT2D eigenvalue weighted by Gasteiger charge is -2.05.